The van der Waals surface area contributed by atoms with Crippen molar-refractivity contribution >= 4 is 17.3 Å². The Balaban J connectivity index is 1.65. The predicted octanol–water partition coefficient (Wildman–Crippen LogP) is 4.92. The number of fused-ring (bicyclic) bond motifs is 1. The molecule has 1 heterocycles. The molecule has 0 spiro atoms. The van der Waals surface area contributed by atoms with Crippen molar-refractivity contribution in [3.05, 3.63) is 47.3 Å². The highest BCUT2D eigenvalue weighted by Crippen LogP contribution is 2.49. The van der Waals surface area contributed by atoms with Crippen molar-refractivity contribution in [3.8, 4) is 11.5 Å². The van der Waals surface area contributed by atoms with E-state index in [1.54, 1.807) is 14.2 Å². The largest absolute Gasteiger partial charge is 0.494 e. The molecule has 0 radical (unpaired) electrons. The van der Waals surface area contributed by atoms with Gasteiger partial charge in [0.15, 0.2) is 0 Å². The molecule has 1 aliphatic heterocycles. The first kappa shape index (κ1) is 20.5. The monoisotopic (exact) mass is 412 g/mol. The minimum Gasteiger partial charge on any atom is -0.494 e. The van der Waals surface area contributed by atoms with Crippen molar-refractivity contribution in [2.45, 2.75) is 45.6 Å². The third-order valence-electron chi connectivity index (χ3n) is 6.23. The van der Waals surface area contributed by atoms with E-state index in [-0.39, 0.29) is 17.1 Å². The fourth-order valence-electron chi connectivity index (χ4n) is 4.21. The first-order valence-corrected chi connectivity index (χ1v) is 10.5. The van der Waals surface area contributed by atoms with E-state index < -0.39 is 0 Å². The zero-order valence-corrected chi connectivity index (χ0v) is 17.9. The van der Waals surface area contributed by atoms with Gasteiger partial charge in [0.25, 0.3) is 0 Å². The Labute approximate surface area is 177 Å². The quantitative estimate of drug-likeness (QED) is 0.731. The second-order valence-electron chi connectivity index (χ2n) is 8.66. The number of halogens is 1. The highest BCUT2D eigenvalue weighted by Gasteiger charge is 2.39. The summed E-state index contributed by atoms with van der Waals surface area (Å²) in [6.45, 7) is 3.66. The molecule has 2 aromatic rings. The summed E-state index contributed by atoms with van der Waals surface area (Å²) in [5, 5.41) is 3.05. The highest BCUT2D eigenvalue weighted by molar-refractivity contribution is 5.95. The van der Waals surface area contributed by atoms with E-state index in [0.29, 0.717) is 30.2 Å². The standard InChI is InChI=1S/C24H29FN2O3/c1-24(10-11-24)14-21(28)26-22-20(29-2)13-16-15-27(18-8-6-17(25)7-9-18)12-4-5-19(16)23(22)30-3/h6-9,13H,4-5,10-12,14-15H2,1-3H3,(H,26,28). The average Bonchev–Trinajstić information content (AvgIpc) is 3.48. The number of rotatable bonds is 6. The average molecular weight is 413 g/mol. The normalized spacial score (nSPS) is 17.0. The van der Waals surface area contributed by atoms with Crippen molar-refractivity contribution in [1.29, 1.82) is 0 Å². The minimum atomic E-state index is -0.238. The molecule has 1 N–H and O–H groups in total. The van der Waals surface area contributed by atoms with Crippen LogP contribution in [0, 0.1) is 11.2 Å². The van der Waals surface area contributed by atoms with E-state index >= 15 is 0 Å². The van der Waals surface area contributed by atoms with Crippen LogP contribution < -0.4 is 19.7 Å². The van der Waals surface area contributed by atoms with Crippen molar-refractivity contribution in [2.24, 2.45) is 5.41 Å². The number of benzene rings is 2. The number of nitrogens with one attached hydrogen (secondary N) is 1. The molecule has 0 saturated heterocycles. The molecule has 30 heavy (non-hydrogen) atoms. The lowest BCUT2D eigenvalue weighted by molar-refractivity contribution is -0.117. The van der Waals surface area contributed by atoms with E-state index in [4.69, 9.17) is 9.47 Å². The molecule has 160 valence electrons. The van der Waals surface area contributed by atoms with Crippen LogP contribution in [0.4, 0.5) is 15.8 Å². The second kappa shape index (κ2) is 8.17. The Morgan fingerprint density at radius 3 is 2.57 bits per heavy atom. The molecule has 6 heteroatoms. The lowest BCUT2D eigenvalue weighted by atomic mass is 10.00. The Morgan fingerprint density at radius 2 is 1.93 bits per heavy atom. The van der Waals surface area contributed by atoms with Gasteiger partial charge in [-0.15, -0.1) is 0 Å². The van der Waals surface area contributed by atoms with Crippen LogP contribution in [0.5, 0.6) is 11.5 Å². The maximum Gasteiger partial charge on any atom is 0.225 e. The number of nitrogens with zero attached hydrogens (tertiary/aromatic N) is 1. The number of hydrogen-bond acceptors (Lipinski definition) is 4. The molecule has 0 bridgehead atoms. The molecule has 1 aliphatic carbocycles. The van der Waals surface area contributed by atoms with E-state index in [1.807, 2.05) is 18.2 Å². The molecule has 1 amide bonds. The maximum absolute atomic E-state index is 13.3. The number of methoxy groups -OCH3 is 2. The zero-order valence-electron chi connectivity index (χ0n) is 17.9. The highest BCUT2D eigenvalue weighted by atomic mass is 19.1. The third kappa shape index (κ3) is 4.23. The fourth-order valence-corrected chi connectivity index (χ4v) is 4.21. The molecule has 2 aliphatic rings. The minimum absolute atomic E-state index is 0.00638. The van der Waals surface area contributed by atoms with Crippen molar-refractivity contribution in [2.75, 3.05) is 31.0 Å². The number of amides is 1. The van der Waals surface area contributed by atoms with Crippen molar-refractivity contribution in [1.82, 2.24) is 0 Å². The number of hydrogen-bond donors (Lipinski definition) is 1. The summed E-state index contributed by atoms with van der Waals surface area (Å²) in [6.07, 6.45) is 4.46. The van der Waals surface area contributed by atoms with Crippen LogP contribution in [0.25, 0.3) is 0 Å². The Hall–Kier alpha value is -2.76. The third-order valence-corrected chi connectivity index (χ3v) is 6.23. The summed E-state index contributed by atoms with van der Waals surface area (Å²) in [5.74, 6) is 1.03. The summed E-state index contributed by atoms with van der Waals surface area (Å²) in [4.78, 5) is 14.9. The Kier molecular flexibility index (Phi) is 5.58. The van der Waals surface area contributed by atoms with Crippen LogP contribution in [0.1, 0.15) is 43.7 Å². The van der Waals surface area contributed by atoms with Gasteiger partial charge in [0.1, 0.15) is 23.0 Å². The van der Waals surface area contributed by atoms with Gasteiger partial charge >= 0.3 is 0 Å². The van der Waals surface area contributed by atoms with Gasteiger partial charge in [0, 0.05) is 30.8 Å². The van der Waals surface area contributed by atoms with E-state index in [9.17, 15) is 9.18 Å². The maximum atomic E-state index is 13.3. The van der Waals surface area contributed by atoms with Crippen LogP contribution in [0.15, 0.2) is 30.3 Å². The summed E-state index contributed by atoms with van der Waals surface area (Å²) in [5.41, 5.74) is 3.92. The molecule has 5 nitrogen and oxygen atoms in total. The molecule has 0 atom stereocenters. The topological polar surface area (TPSA) is 50.8 Å². The number of ether oxygens (including phenoxy) is 2. The number of carbonyl (C=O) groups is 1. The first-order valence-electron chi connectivity index (χ1n) is 10.5. The molecule has 0 aromatic heterocycles. The molecule has 1 fully saturated rings. The van der Waals surface area contributed by atoms with Crippen LogP contribution in [-0.4, -0.2) is 26.7 Å². The predicted molar refractivity (Wildman–Crippen MR) is 116 cm³/mol. The van der Waals surface area contributed by atoms with Crippen molar-refractivity contribution < 1.29 is 18.7 Å². The molecule has 1 saturated carbocycles. The Bertz CT molecular complexity index is 938. The van der Waals surface area contributed by atoms with Gasteiger partial charge in [0.2, 0.25) is 5.91 Å². The molecule has 4 rings (SSSR count). The van der Waals surface area contributed by atoms with Gasteiger partial charge in [-0.2, -0.15) is 0 Å². The van der Waals surface area contributed by atoms with E-state index in [2.05, 4.69) is 17.1 Å². The fraction of sp³-hybridized carbons (Fsp3) is 0.458. The lowest BCUT2D eigenvalue weighted by Crippen LogP contribution is -2.22. The van der Waals surface area contributed by atoms with Gasteiger partial charge in [-0.1, -0.05) is 6.92 Å². The Morgan fingerprint density at radius 1 is 1.20 bits per heavy atom. The summed E-state index contributed by atoms with van der Waals surface area (Å²) in [7, 11) is 3.24. The summed E-state index contributed by atoms with van der Waals surface area (Å²) < 4.78 is 24.8. The van der Waals surface area contributed by atoms with Gasteiger partial charge in [-0.25, -0.2) is 4.39 Å². The van der Waals surface area contributed by atoms with Gasteiger partial charge < -0.3 is 19.7 Å². The smallest absolute Gasteiger partial charge is 0.225 e. The number of anilines is 2. The SMILES string of the molecule is COc1cc2c(c(OC)c1NC(=O)CC1(C)CC1)CCCN(c1ccc(F)cc1)C2. The van der Waals surface area contributed by atoms with Crippen LogP contribution in [0.2, 0.25) is 0 Å². The van der Waals surface area contributed by atoms with Gasteiger partial charge in [-0.05, 0) is 67.0 Å². The van der Waals surface area contributed by atoms with Crippen LogP contribution >= 0.6 is 0 Å². The lowest BCUT2D eigenvalue weighted by Gasteiger charge is -2.24. The van der Waals surface area contributed by atoms with E-state index in [0.717, 1.165) is 49.0 Å². The summed E-state index contributed by atoms with van der Waals surface area (Å²) in [6, 6.07) is 8.58. The molecular weight excluding hydrogens is 383 g/mol. The summed E-state index contributed by atoms with van der Waals surface area (Å²) >= 11 is 0. The molecule has 2 aromatic carbocycles. The van der Waals surface area contributed by atoms with Crippen molar-refractivity contribution in [3.63, 3.8) is 0 Å². The zero-order chi connectivity index (χ0) is 21.3. The van der Waals surface area contributed by atoms with Gasteiger partial charge in [0.05, 0.1) is 14.2 Å². The van der Waals surface area contributed by atoms with E-state index in [1.165, 1.54) is 12.1 Å². The number of carbonyl (C=O) groups excluding carboxylic acids is 1. The molecular formula is C24H29FN2O3. The van der Waals surface area contributed by atoms with Crippen LogP contribution in [-0.2, 0) is 17.8 Å². The second-order valence-corrected chi connectivity index (χ2v) is 8.66. The first-order chi connectivity index (χ1) is 14.4. The molecule has 0 unspecified atom stereocenters. The van der Waals surface area contributed by atoms with Crippen LogP contribution in [0.3, 0.4) is 0 Å². The van der Waals surface area contributed by atoms with Gasteiger partial charge in [-0.3, -0.25) is 4.79 Å².